The third-order valence-corrected chi connectivity index (χ3v) is 5.09. The molecule has 0 aromatic carbocycles. The fourth-order valence-corrected chi connectivity index (χ4v) is 3.81. The van der Waals surface area contributed by atoms with Gasteiger partial charge in [-0.1, -0.05) is 17.7 Å². The minimum absolute atomic E-state index is 0.634. The first kappa shape index (κ1) is 12.4. The van der Waals surface area contributed by atoms with E-state index in [9.17, 15) is 0 Å². The molecule has 1 fully saturated rings. The molecule has 2 heteroatoms. The highest BCUT2D eigenvalue weighted by atomic mass is 32.1. The van der Waals surface area contributed by atoms with Gasteiger partial charge in [-0.15, -0.1) is 11.3 Å². The van der Waals surface area contributed by atoms with Gasteiger partial charge in [0.25, 0.3) is 0 Å². The van der Waals surface area contributed by atoms with Gasteiger partial charge in [0.1, 0.15) is 0 Å². The van der Waals surface area contributed by atoms with Crippen molar-refractivity contribution < 1.29 is 0 Å². The van der Waals surface area contributed by atoms with E-state index < -0.39 is 0 Å². The Bertz CT molecular complexity index is 389. The maximum Gasteiger partial charge on any atom is 0.0443 e. The lowest BCUT2D eigenvalue weighted by molar-refractivity contribution is 0.487. The van der Waals surface area contributed by atoms with Crippen molar-refractivity contribution in [3.63, 3.8) is 0 Å². The Morgan fingerprint density at radius 2 is 2.28 bits per heavy atom. The number of thiophene rings is 1. The van der Waals surface area contributed by atoms with E-state index in [4.69, 9.17) is 0 Å². The predicted octanol–water partition coefficient (Wildman–Crippen LogP) is 4.68. The van der Waals surface area contributed by atoms with E-state index >= 15 is 0 Å². The number of hydrogen-bond donors (Lipinski definition) is 1. The van der Waals surface area contributed by atoms with Crippen LogP contribution in [0.1, 0.15) is 55.9 Å². The Kier molecular flexibility index (Phi) is 4.16. The highest BCUT2D eigenvalue weighted by Crippen LogP contribution is 2.42. The summed E-state index contributed by atoms with van der Waals surface area (Å²) in [5, 5.41) is 6.01. The molecule has 1 aromatic rings. The van der Waals surface area contributed by atoms with E-state index in [1.54, 1.807) is 5.57 Å². The van der Waals surface area contributed by atoms with E-state index in [0.717, 1.165) is 12.5 Å². The van der Waals surface area contributed by atoms with Crippen LogP contribution in [0, 0.1) is 5.92 Å². The third-order valence-electron chi connectivity index (χ3n) is 4.14. The summed E-state index contributed by atoms with van der Waals surface area (Å²) >= 11 is 1.91. The average molecular weight is 261 g/mol. The molecule has 2 aliphatic rings. The quantitative estimate of drug-likeness (QED) is 0.733. The van der Waals surface area contributed by atoms with E-state index in [-0.39, 0.29) is 0 Å². The van der Waals surface area contributed by atoms with Gasteiger partial charge in [-0.3, -0.25) is 0 Å². The van der Waals surface area contributed by atoms with Crippen LogP contribution in [0.4, 0.5) is 0 Å². The number of hydrogen-bond acceptors (Lipinski definition) is 2. The molecule has 0 spiro atoms. The highest BCUT2D eigenvalue weighted by Gasteiger charge is 2.32. The van der Waals surface area contributed by atoms with Crippen LogP contribution < -0.4 is 5.32 Å². The second-order valence-corrected chi connectivity index (χ2v) is 6.62. The van der Waals surface area contributed by atoms with Crippen molar-refractivity contribution in [2.75, 3.05) is 6.54 Å². The van der Waals surface area contributed by atoms with Crippen molar-refractivity contribution in [2.24, 2.45) is 5.92 Å². The van der Waals surface area contributed by atoms with Crippen LogP contribution in [-0.2, 0) is 0 Å². The van der Waals surface area contributed by atoms with E-state index in [0.29, 0.717) is 6.04 Å². The molecule has 0 amide bonds. The molecule has 1 aromatic heterocycles. The lowest BCUT2D eigenvalue weighted by Gasteiger charge is -2.18. The van der Waals surface area contributed by atoms with E-state index in [2.05, 4.69) is 28.9 Å². The fraction of sp³-hybridized carbons (Fsp3) is 0.625. The van der Waals surface area contributed by atoms with Crippen LogP contribution in [0.25, 0.3) is 0 Å². The van der Waals surface area contributed by atoms with Crippen LogP contribution in [0.5, 0.6) is 0 Å². The zero-order valence-corrected chi connectivity index (χ0v) is 11.8. The predicted molar refractivity (Wildman–Crippen MR) is 79.0 cm³/mol. The molecule has 98 valence electrons. The molecule has 1 atom stereocenters. The lowest BCUT2D eigenvalue weighted by Crippen LogP contribution is -2.23. The molecule has 0 radical (unpaired) electrons. The van der Waals surface area contributed by atoms with Crippen LogP contribution in [0.3, 0.4) is 0 Å². The second-order valence-electron chi connectivity index (χ2n) is 5.64. The summed E-state index contributed by atoms with van der Waals surface area (Å²) in [5.74, 6) is 0.906. The molecule has 1 saturated carbocycles. The molecule has 2 aliphatic carbocycles. The van der Waals surface area contributed by atoms with Gasteiger partial charge in [0, 0.05) is 10.9 Å². The molecule has 0 bridgehead atoms. The summed E-state index contributed by atoms with van der Waals surface area (Å²) < 4.78 is 0. The Morgan fingerprint density at radius 1 is 1.33 bits per heavy atom. The average Bonchev–Trinajstić information content (AvgIpc) is 3.10. The van der Waals surface area contributed by atoms with Crippen molar-refractivity contribution in [2.45, 2.75) is 51.0 Å². The van der Waals surface area contributed by atoms with Gasteiger partial charge in [0.2, 0.25) is 0 Å². The molecule has 0 aliphatic heterocycles. The number of allylic oxidation sites excluding steroid dienone is 1. The summed E-state index contributed by atoms with van der Waals surface area (Å²) in [4.78, 5) is 1.54. The Morgan fingerprint density at radius 3 is 2.94 bits per heavy atom. The second kappa shape index (κ2) is 6.03. The Labute approximate surface area is 114 Å². The standard InChI is InChI=1S/C16H23NS/c1-2-5-13(6-3-1)10-11-17-16(14-8-9-14)15-7-4-12-18-15/h4-5,7,12,14,16-17H,1-3,6,8-11H2. The topological polar surface area (TPSA) is 12.0 Å². The van der Waals surface area contributed by atoms with E-state index in [1.807, 2.05) is 11.3 Å². The smallest absolute Gasteiger partial charge is 0.0443 e. The first-order valence-corrected chi connectivity index (χ1v) is 8.26. The maximum atomic E-state index is 3.80. The van der Waals surface area contributed by atoms with Gasteiger partial charge < -0.3 is 5.32 Å². The van der Waals surface area contributed by atoms with Gasteiger partial charge in [-0.25, -0.2) is 0 Å². The summed E-state index contributed by atoms with van der Waals surface area (Å²) in [6, 6.07) is 5.11. The molecular formula is C16H23NS. The van der Waals surface area contributed by atoms with Gasteiger partial charge in [-0.2, -0.15) is 0 Å². The number of rotatable bonds is 6. The molecule has 1 unspecified atom stereocenters. The van der Waals surface area contributed by atoms with Crippen molar-refractivity contribution in [3.05, 3.63) is 34.0 Å². The SMILES string of the molecule is C1=C(CCNC(c2cccs2)C2CC2)CCCC1. The fourth-order valence-electron chi connectivity index (χ4n) is 2.92. The van der Waals surface area contributed by atoms with Gasteiger partial charge in [0.05, 0.1) is 0 Å². The van der Waals surface area contributed by atoms with Gasteiger partial charge in [-0.05, 0) is 68.9 Å². The minimum Gasteiger partial charge on any atom is -0.309 e. The minimum atomic E-state index is 0.634. The first-order chi connectivity index (χ1) is 8.93. The zero-order chi connectivity index (χ0) is 12.2. The summed E-state index contributed by atoms with van der Waals surface area (Å²) in [6.07, 6.45) is 12.0. The monoisotopic (exact) mass is 261 g/mol. The van der Waals surface area contributed by atoms with E-state index in [1.165, 1.54) is 49.8 Å². The van der Waals surface area contributed by atoms with Gasteiger partial charge >= 0.3 is 0 Å². The maximum absolute atomic E-state index is 3.80. The van der Waals surface area contributed by atoms with Crippen LogP contribution in [0.15, 0.2) is 29.2 Å². The summed E-state index contributed by atoms with van der Waals surface area (Å²) in [6.45, 7) is 1.16. The van der Waals surface area contributed by atoms with Crippen molar-refractivity contribution in [1.29, 1.82) is 0 Å². The molecule has 0 saturated heterocycles. The molecular weight excluding hydrogens is 238 g/mol. The highest BCUT2D eigenvalue weighted by molar-refractivity contribution is 7.10. The van der Waals surface area contributed by atoms with Crippen molar-refractivity contribution in [1.82, 2.24) is 5.32 Å². The first-order valence-electron chi connectivity index (χ1n) is 7.38. The third kappa shape index (κ3) is 3.24. The van der Waals surface area contributed by atoms with Crippen LogP contribution in [0.2, 0.25) is 0 Å². The Hall–Kier alpha value is -0.600. The summed E-state index contributed by atoms with van der Waals surface area (Å²) in [5.41, 5.74) is 1.69. The lowest BCUT2D eigenvalue weighted by atomic mass is 9.97. The Balaban J connectivity index is 1.49. The molecule has 1 N–H and O–H groups in total. The molecule has 1 nitrogen and oxygen atoms in total. The molecule has 3 rings (SSSR count). The van der Waals surface area contributed by atoms with Gasteiger partial charge in [0.15, 0.2) is 0 Å². The zero-order valence-electron chi connectivity index (χ0n) is 11.0. The normalized spacial score (nSPS) is 21.7. The number of nitrogens with one attached hydrogen (secondary N) is 1. The summed E-state index contributed by atoms with van der Waals surface area (Å²) in [7, 11) is 0. The van der Waals surface area contributed by atoms with Crippen LogP contribution in [-0.4, -0.2) is 6.54 Å². The van der Waals surface area contributed by atoms with Crippen molar-refractivity contribution >= 4 is 11.3 Å². The molecule has 18 heavy (non-hydrogen) atoms. The molecule has 1 heterocycles. The largest absolute Gasteiger partial charge is 0.309 e. The van der Waals surface area contributed by atoms with Crippen molar-refractivity contribution in [3.8, 4) is 0 Å². The van der Waals surface area contributed by atoms with Crippen LogP contribution >= 0.6 is 11.3 Å².